The lowest BCUT2D eigenvalue weighted by atomic mass is 10.1. The molecular formula is C40H78O4Si. The van der Waals surface area contributed by atoms with E-state index in [1.54, 1.807) is 0 Å². The van der Waals surface area contributed by atoms with Gasteiger partial charge in [-0.3, -0.25) is 0 Å². The highest BCUT2D eigenvalue weighted by molar-refractivity contribution is 6.90. The predicted octanol–water partition coefficient (Wildman–Crippen LogP) is 13.5. The van der Waals surface area contributed by atoms with Crippen molar-refractivity contribution < 1.29 is 19.4 Å². The second-order valence-electron chi connectivity index (χ2n) is 14.0. The average Bonchev–Trinajstić information content (AvgIpc) is 3.03. The van der Waals surface area contributed by atoms with Crippen molar-refractivity contribution in [3.63, 3.8) is 0 Å². The van der Waals surface area contributed by atoms with Crippen LogP contribution in [-0.4, -0.2) is 31.7 Å². The molecule has 266 valence electrons. The van der Waals surface area contributed by atoms with Crippen LogP contribution in [0.5, 0.6) is 0 Å². The molecule has 0 aliphatic heterocycles. The second-order valence-corrected chi connectivity index (χ2v) is 18.6. The van der Waals surface area contributed by atoms with Crippen LogP contribution in [0.2, 0.25) is 18.1 Å². The third kappa shape index (κ3) is 25.6. The highest BCUT2D eigenvalue weighted by Crippen LogP contribution is 2.37. The number of carboxylic acids is 1. The smallest absolute Gasteiger partial charge is 0.330 e. The number of carbonyl (C=O) groups is 2. The molecule has 0 aliphatic carbocycles. The van der Waals surface area contributed by atoms with E-state index in [-0.39, 0.29) is 5.97 Å². The summed E-state index contributed by atoms with van der Waals surface area (Å²) in [6, 6.07) is 3.11. The van der Waals surface area contributed by atoms with Gasteiger partial charge in [-0.1, -0.05) is 219 Å². The van der Waals surface area contributed by atoms with E-state index in [9.17, 15) is 14.7 Å². The average molecular weight is 651 g/mol. The van der Waals surface area contributed by atoms with Crippen molar-refractivity contribution in [1.82, 2.24) is 0 Å². The molecule has 4 nitrogen and oxygen atoms in total. The van der Waals surface area contributed by atoms with E-state index < -0.39 is 14.0 Å². The summed E-state index contributed by atoms with van der Waals surface area (Å²) in [5, 5.41) is 10.6. The van der Waals surface area contributed by atoms with E-state index in [4.69, 9.17) is 4.74 Å². The minimum absolute atomic E-state index is 0.303. The largest absolute Gasteiger partial charge is 0.478 e. The molecule has 0 bridgehead atoms. The van der Waals surface area contributed by atoms with Crippen LogP contribution in [0.25, 0.3) is 0 Å². The molecule has 0 atom stereocenters. The zero-order chi connectivity index (χ0) is 33.3. The summed E-state index contributed by atoms with van der Waals surface area (Å²) in [5.41, 5.74) is 0. The fraction of sp³-hybridized carbons (Fsp3) is 0.900. The van der Waals surface area contributed by atoms with Gasteiger partial charge in [-0.2, -0.15) is 0 Å². The minimum Gasteiger partial charge on any atom is -0.478 e. The monoisotopic (exact) mass is 651 g/mol. The molecule has 0 spiro atoms. The van der Waals surface area contributed by atoms with Crippen molar-refractivity contribution in [2.75, 3.05) is 6.61 Å². The highest BCUT2D eigenvalue weighted by atomic mass is 28.3. The number of hydrogen-bond donors (Lipinski definition) is 1. The third-order valence-electron chi connectivity index (χ3n) is 9.82. The summed E-state index contributed by atoms with van der Waals surface area (Å²) >= 11 is 0. The molecule has 45 heavy (non-hydrogen) atoms. The summed E-state index contributed by atoms with van der Waals surface area (Å²) in [5.74, 6) is -1.28. The number of unbranched alkanes of at least 4 members (excludes halogenated alkanes) is 24. The Morgan fingerprint density at radius 1 is 0.467 bits per heavy atom. The van der Waals surface area contributed by atoms with E-state index in [1.807, 2.05) is 0 Å². The molecule has 0 aromatic carbocycles. The maximum atomic E-state index is 13.8. The lowest BCUT2D eigenvalue weighted by Gasteiger charge is -2.34. The second kappa shape index (κ2) is 32.8. The van der Waals surface area contributed by atoms with Crippen molar-refractivity contribution in [3.8, 4) is 0 Å². The quantitative estimate of drug-likeness (QED) is 0.0321. The molecule has 0 radical (unpaired) electrons. The molecular weight excluding hydrogens is 573 g/mol. The first-order chi connectivity index (χ1) is 22.0. The maximum Gasteiger partial charge on any atom is 0.330 e. The Bertz CT molecular complexity index is 664. The van der Waals surface area contributed by atoms with E-state index >= 15 is 0 Å². The molecule has 0 aliphatic rings. The Labute approximate surface area is 282 Å². The van der Waals surface area contributed by atoms with Crippen molar-refractivity contribution in [2.24, 2.45) is 0 Å². The summed E-state index contributed by atoms with van der Waals surface area (Å²) in [7, 11) is -2.35. The molecule has 0 amide bonds. The number of carboxylic acid groups (broad SMARTS) is 1. The first kappa shape index (κ1) is 43.9. The Kier molecular flexibility index (Phi) is 32.0. The Morgan fingerprint density at radius 3 is 1.07 bits per heavy atom. The van der Waals surface area contributed by atoms with Crippen LogP contribution in [0.3, 0.4) is 0 Å². The molecule has 1 N–H and O–H groups in total. The van der Waals surface area contributed by atoms with Gasteiger partial charge in [-0.25, -0.2) is 9.59 Å². The van der Waals surface area contributed by atoms with Gasteiger partial charge < -0.3 is 9.84 Å². The van der Waals surface area contributed by atoms with Gasteiger partial charge in [-0.05, 0) is 6.42 Å². The third-order valence-corrected chi connectivity index (χ3v) is 15.2. The molecule has 0 saturated carbocycles. The standard InChI is InChI=1S/C40H78O4Si/c1-5-9-13-17-21-22-23-24-25-29-33-44-40(43)38(37-39(41)42)45(34-30-26-18-14-10-6-2,35-31-27-19-15-11-7-3)36-32-28-20-16-12-8-4/h37H,5-36H2,1-4H3,(H,41,42)/b38-37-. The first-order valence-corrected chi connectivity index (χ1v) is 22.7. The summed E-state index contributed by atoms with van der Waals surface area (Å²) < 4.78 is 5.93. The van der Waals surface area contributed by atoms with Crippen molar-refractivity contribution >= 4 is 20.0 Å². The van der Waals surface area contributed by atoms with Crippen LogP contribution in [-0.2, 0) is 14.3 Å². The van der Waals surface area contributed by atoms with Crippen LogP contribution in [0, 0.1) is 0 Å². The van der Waals surface area contributed by atoms with Crippen LogP contribution >= 0.6 is 0 Å². The van der Waals surface area contributed by atoms with Crippen LogP contribution < -0.4 is 0 Å². The van der Waals surface area contributed by atoms with Crippen LogP contribution in [0.1, 0.15) is 207 Å². The normalized spacial score (nSPS) is 12.1. The van der Waals surface area contributed by atoms with E-state index in [2.05, 4.69) is 27.7 Å². The van der Waals surface area contributed by atoms with E-state index in [0.717, 1.165) is 50.2 Å². The number of esters is 1. The lowest BCUT2D eigenvalue weighted by molar-refractivity contribution is -0.139. The van der Waals surface area contributed by atoms with Crippen LogP contribution in [0.4, 0.5) is 0 Å². The van der Waals surface area contributed by atoms with Gasteiger partial charge in [0.2, 0.25) is 0 Å². The van der Waals surface area contributed by atoms with Gasteiger partial charge in [-0.15, -0.1) is 0 Å². The molecule has 0 saturated heterocycles. The SMILES string of the molecule is CCCCCCCCCCCCOC(=O)/C(=C/C(=O)O)[Si](CCCCCCCC)(CCCCCCCC)CCCCCCCC. The summed E-state index contributed by atoms with van der Waals surface area (Å²) in [6.07, 6.45) is 35.8. The molecule has 0 fully saturated rings. The summed E-state index contributed by atoms with van der Waals surface area (Å²) in [6.45, 7) is 9.44. The van der Waals surface area contributed by atoms with Gasteiger partial charge in [0.1, 0.15) is 0 Å². The van der Waals surface area contributed by atoms with Crippen molar-refractivity contribution in [2.45, 2.75) is 226 Å². The fourth-order valence-electron chi connectivity index (χ4n) is 6.89. The number of ether oxygens (including phenoxy) is 1. The lowest BCUT2D eigenvalue weighted by Crippen LogP contribution is -2.41. The number of aliphatic carboxylic acids is 1. The summed E-state index contributed by atoms with van der Waals surface area (Å²) in [4.78, 5) is 26.0. The Balaban J connectivity index is 5.51. The fourth-order valence-corrected chi connectivity index (χ4v) is 12.2. The number of hydrogen-bond acceptors (Lipinski definition) is 3. The topological polar surface area (TPSA) is 63.6 Å². The van der Waals surface area contributed by atoms with Gasteiger partial charge in [0.05, 0.1) is 14.7 Å². The Morgan fingerprint density at radius 2 is 0.756 bits per heavy atom. The molecule has 5 heteroatoms. The van der Waals surface area contributed by atoms with E-state index in [1.165, 1.54) is 154 Å². The van der Waals surface area contributed by atoms with Gasteiger partial charge >= 0.3 is 11.9 Å². The zero-order valence-electron chi connectivity index (χ0n) is 30.9. The van der Waals surface area contributed by atoms with Gasteiger partial charge in [0.25, 0.3) is 0 Å². The maximum absolute atomic E-state index is 13.8. The van der Waals surface area contributed by atoms with E-state index in [0.29, 0.717) is 11.8 Å². The number of rotatable bonds is 35. The van der Waals surface area contributed by atoms with Gasteiger partial charge in [0.15, 0.2) is 0 Å². The first-order valence-electron chi connectivity index (χ1n) is 20.1. The predicted molar refractivity (Wildman–Crippen MR) is 199 cm³/mol. The number of carbonyl (C=O) groups excluding carboxylic acids is 1. The molecule has 0 heterocycles. The Hall–Kier alpha value is -1.10. The highest BCUT2D eigenvalue weighted by Gasteiger charge is 2.40. The van der Waals surface area contributed by atoms with Crippen LogP contribution in [0.15, 0.2) is 11.3 Å². The molecule has 0 aromatic rings. The molecule has 0 unspecified atom stereocenters. The zero-order valence-corrected chi connectivity index (χ0v) is 31.9. The molecule has 0 rings (SSSR count). The van der Waals surface area contributed by atoms with Gasteiger partial charge in [0, 0.05) is 11.3 Å². The van der Waals surface area contributed by atoms with Crippen molar-refractivity contribution in [1.29, 1.82) is 0 Å². The minimum atomic E-state index is -2.35. The molecule has 0 aromatic heterocycles. The van der Waals surface area contributed by atoms with Crippen molar-refractivity contribution in [3.05, 3.63) is 11.3 Å².